The molecule has 0 spiro atoms. The molecule has 1 aromatic carbocycles. The van der Waals surface area contributed by atoms with Gasteiger partial charge in [-0.25, -0.2) is 9.97 Å². The van der Waals surface area contributed by atoms with E-state index in [2.05, 4.69) is 15.0 Å². The number of rotatable bonds is 2. The van der Waals surface area contributed by atoms with Gasteiger partial charge in [0.15, 0.2) is 5.82 Å². The van der Waals surface area contributed by atoms with Crippen LogP contribution in [0.3, 0.4) is 0 Å². The van der Waals surface area contributed by atoms with Crippen LogP contribution in [0.4, 0.5) is 5.82 Å². The summed E-state index contributed by atoms with van der Waals surface area (Å²) < 4.78 is 0. The van der Waals surface area contributed by atoms with Crippen LogP contribution in [0.15, 0.2) is 54.9 Å². The molecule has 0 atom stereocenters. The standard InChI is InChI=1S/C16H14N4/c1-11-7-13(10-18-9-11)14-8-15(17)20-16(19-14)12-5-3-2-4-6-12/h2-10H,1H3,(H2,17,19,20). The Balaban J connectivity index is 2.12. The summed E-state index contributed by atoms with van der Waals surface area (Å²) >= 11 is 0. The van der Waals surface area contributed by atoms with Crippen molar-refractivity contribution in [3.8, 4) is 22.6 Å². The first kappa shape index (κ1) is 12.3. The third-order valence-corrected chi connectivity index (χ3v) is 2.95. The van der Waals surface area contributed by atoms with Crippen LogP contribution in [0, 0.1) is 6.92 Å². The van der Waals surface area contributed by atoms with Crippen molar-refractivity contribution in [2.24, 2.45) is 0 Å². The quantitative estimate of drug-likeness (QED) is 0.770. The number of pyridine rings is 1. The van der Waals surface area contributed by atoms with Crippen molar-refractivity contribution in [3.63, 3.8) is 0 Å². The molecule has 0 aliphatic carbocycles. The number of hydrogen-bond acceptors (Lipinski definition) is 4. The summed E-state index contributed by atoms with van der Waals surface area (Å²) in [6, 6.07) is 13.6. The Labute approximate surface area is 117 Å². The zero-order valence-electron chi connectivity index (χ0n) is 11.1. The lowest BCUT2D eigenvalue weighted by Gasteiger charge is -2.06. The van der Waals surface area contributed by atoms with Crippen LogP contribution in [0.5, 0.6) is 0 Å². The van der Waals surface area contributed by atoms with E-state index < -0.39 is 0 Å². The van der Waals surface area contributed by atoms with Gasteiger partial charge in [-0.3, -0.25) is 4.98 Å². The van der Waals surface area contributed by atoms with Crippen molar-refractivity contribution < 1.29 is 0 Å². The second-order valence-corrected chi connectivity index (χ2v) is 4.62. The summed E-state index contributed by atoms with van der Waals surface area (Å²) in [5.41, 5.74) is 9.66. The highest BCUT2D eigenvalue weighted by molar-refractivity contribution is 5.66. The maximum absolute atomic E-state index is 5.90. The molecule has 0 amide bonds. The predicted molar refractivity (Wildman–Crippen MR) is 79.8 cm³/mol. The number of hydrogen-bond donors (Lipinski definition) is 1. The molecule has 2 heterocycles. The lowest BCUT2D eigenvalue weighted by Crippen LogP contribution is -1.98. The second kappa shape index (κ2) is 5.09. The van der Waals surface area contributed by atoms with Gasteiger partial charge in [-0.2, -0.15) is 0 Å². The molecular weight excluding hydrogens is 248 g/mol. The molecule has 3 rings (SSSR count). The van der Waals surface area contributed by atoms with Crippen LogP contribution in [0.25, 0.3) is 22.6 Å². The molecule has 0 unspecified atom stereocenters. The SMILES string of the molecule is Cc1cncc(-c2cc(N)nc(-c3ccccc3)n2)c1. The molecule has 0 bridgehead atoms. The summed E-state index contributed by atoms with van der Waals surface area (Å²) in [4.78, 5) is 13.1. The van der Waals surface area contributed by atoms with Gasteiger partial charge < -0.3 is 5.73 Å². The summed E-state index contributed by atoms with van der Waals surface area (Å²) in [6.45, 7) is 2.00. The van der Waals surface area contributed by atoms with E-state index in [0.717, 1.165) is 22.4 Å². The van der Waals surface area contributed by atoms with Gasteiger partial charge in [0.1, 0.15) is 5.82 Å². The highest BCUT2D eigenvalue weighted by atomic mass is 14.9. The van der Waals surface area contributed by atoms with Gasteiger partial charge in [0.25, 0.3) is 0 Å². The number of anilines is 1. The minimum Gasteiger partial charge on any atom is -0.384 e. The van der Waals surface area contributed by atoms with Crippen LogP contribution in [0.2, 0.25) is 0 Å². The van der Waals surface area contributed by atoms with Crippen molar-refractivity contribution in [2.45, 2.75) is 6.92 Å². The topological polar surface area (TPSA) is 64.7 Å². The normalized spacial score (nSPS) is 10.4. The smallest absolute Gasteiger partial charge is 0.162 e. The van der Waals surface area contributed by atoms with Gasteiger partial charge in [-0.15, -0.1) is 0 Å². The third kappa shape index (κ3) is 2.49. The second-order valence-electron chi connectivity index (χ2n) is 4.62. The Hall–Kier alpha value is -2.75. The van der Waals surface area contributed by atoms with E-state index in [1.807, 2.05) is 49.5 Å². The molecule has 3 aromatic rings. The molecule has 2 N–H and O–H groups in total. The van der Waals surface area contributed by atoms with E-state index in [0.29, 0.717) is 11.6 Å². The van der Waals surface area contributed by atoms with Crippen molar-refractivity contribution in [1.82, 2.24) is 15.0 Å². The molecule has 0 radical (unpaired) electrons. The van der Waals surface area contributed by atoms with Crippen molar-refractivity contribution in [1.29, 1.82) is 0 Å². The summed E-state index contributed by atoms with van der Waals surface area (Å²) in [5, 5.41) is 0. The van der Waals surface area contributed by atoms with Gasteiger partial charge in [0.05, 0.1) is 5.69 Å². The third-order valence-electron chi connectivity index (χ3n) is 2.95. The molecule has 20 heavy (non-hydrogen) atoms. The molecule has 4 heteroatoms. The van der Waals surface area contributed by atoms with Crippen LogP contribution >= 0.6 is 0 Å². The Morgan fingerprint density at radius 1 is 0.900 bits per heavy atom. The van der Waals surface area contributed by atoms with E-state index >= 15 is 0 Å². The zero-order valence-corrected chi connectivity index (χ0v) is 11.1. The van der Waals surface area contributed by atoms with Crippen LogP contribution in [-0.4, -0.2) is 15.0 Å². The Morgan fingerprint density at radius 2 is 1.70 bits per heavy atom. The predicted octanol–water partition coefficient (Wildman–Crippen LogP) is 3.10. The number of nitrogen functional groups attached to an aromatic ring is 1. The van der Waals surface area contributed by atoms with E-state index in [1.165, 1.54) is 0 Å². The Kier molecular flexibility index (Phi) is 3.13. The fourth-order valence-corrected chi connectivity index (χ4v) is 2.03. The molecular formula is C16H14N4. The molecule has 4 nitrogen and oxygen atoms in total. The van der Waals surface area contributed by atoms with Gasteiger partial charge in [0.2, 0.25) is 0 Å². The van der Waals surface area contributed by atoms with Crippen LogP contribution in [-0.2, 0) is 0 Å². The molecule has 0 aliphatic rings. The number of benzene rings is 1. The number of aromatic nitrogens is 3. The summed E-state index contributed by atoms with van der Waals surface area (Å²) in [6.07, 6.45) is 3.59. The first-order valence-corrected chi connectivity index (χ1v) is 6.34. The largest absolute Gasteiger partial charge is 0.384 e. The summed E-state index contributed by atoms with van der Waals surface area (Å²) in [7, 11) is 0. The van der Waals surface area contributed by atoms with Crippen molar-refractivity contribution in [3.05, 3.63) is 60.4 Å². The monoisotopic (exact) mass is 262 g/mol. The average Bonchev–Trinajstić information content (AvgIpc) is 2.47. The summed E-state index contributed by atoms with van der Waals surface area (Å²) in [5.74, 6) is 1.08. The fourth-order valence-electron chi connectivity index (χ4n) is 2.03. The van der Waals surface area contributed by atoms with E-state index in [4.69, 9.17) is 5.73 Å². The first-order chi connectivity index (χ1) is 9.72. The fraction of sp³-hybridized carbons (Fsp3) is 0.0625. The van der Waals surface area contributed by atoms with Crippen LogP contribution < -0.4 is 5.73 Å². The molecule has 0 saturated heterocycles. The maximum Gasteiger partial charge on any atom is 0.162 e. The highest BCUT2D eigenvalue weighted by Crippen LogP contribution is 2.23. The Morgan fingerprint density at radius 3 is 2.45 bits per heavy atom. The minimum absolute atomic E-state index is 0.454. The van der Waals surface area contributed by atoms with Gasteiger partial charge in [0, 0.05) is 29.6 Å². The highest BCUT2D eigenvalue weighted by Gasteiger charge is 2.07. The number of nitrogens with zero attached hydrogens (tertiary/aromatic N) is 3. The van der Waals surface area contributed by atoms with Crippen molar-refractivity contribution in [2.75, 3.05) is 5.73 Å². The minimum atomic E-state index is 0.454. The van der Waals surface area contributed by atoms with Gasteiger partial charge in [-0.05, 0) is 18.6 Å². The van der Waals surface area contributed by atoms with Crippen LogP contribution in [0.1, 0.15) is 5.56 Å². The van der Waals surface area contributed by atoms with E-state index in [9.17, 15) is 0 Å². The van der Waals surface area contributed by atoms with Crippen molar-refractivity contribution >= 4 is 5.82 Å². The zero-order chi connectivity index (χ0) is 13.9. The van der Waals surface area contributed by atoms with Gasteiger partial charge in [-0.1, -0.05) is 30.3 Å². The Bertz CT molecular complexity index is 738. The lowest BCUT2D eigenvalue weighted by molar-refractivity contribution is 1.17. The molecule has 0 saturated carbocycles. The molecule has 0 aliphatic heterocycles. The maximum atomic E-state index is 5.90. The van der Waals surface area contributed by atoms with Gasteiger partial charge >= 0.3 is 0 Å². The van der Waals surface area contributed by atoms with E-state index in [-0.39, 0.29) is 0 Å². The number of aryl methyl sites for hydroxylation is 1. The lowest BCUT2D eigenvalue weighted by atomic mass is 10.1. The number of nitrogens with two attached hydrogens (primary N) is 1. The average molecular weight is 262 g/mol. The molecule has 0 fully saturated rings. The molecule has 98 valence electrons. The first-order valence-electron chi connectivity index (χ1n) is 6.34. The van der Waals surface area contributed by atoms with E-state index in [1.54, 1.807) is 12.3 Å². The molecule has 2 aromatic heterocycles.